The minimum Gasteiger partial charge on any atom is -0.330 e. The maximum Gasteiger partial charge on any atom is 0.215 e. The van der Waals surface area contributed by atoms with E-state index in [4.69, 9.17) is 5.73 Å². The smallest absolute Gasteiger partial charge is 0.215 e. The van der Waals surface area contributed by atoms with Gasteiger partial charge < -0.3 is 5.73 Å². The molecule has 0 aromatic carbocycles. The normalized spacial score (nSPS) is 23.3. The van der Waals surface area contributed by atoms with Crippen LogP contribution in [0.4, 0.5) is 0 Å². The number of sulfonamides is 1. The van der Waals surface area contributed by atoms with E-state index in [1.165, 1.54) is 0 Å². The Kier molecular flexibility index (Phi) is 6.03. The van der Waals surface area contributed by atoms with Gasteiger partial charge in [-0.2, -0.15) is 0 Å². The van der Waals surface area contributed by atoms with Crippen molar-refractivity contribution in [1.29, 1.82) is 0 Å². The van der Waals surface area contributed by atoms with Gasteiger partial charge in [0, 0.05) is 6.54 Å². The molecule has 1 aliphatic heterocycles. The highest BCUT2D eigenvalue weighted by molar-refractivity contribution is 7.95. The molecule has 3 N–H and O–H groups in total. The number of sulfone groups is 1. The number of hydrogen-bond donors (Lipinski definition) is 2. The van der Waals surface area contributed by atoms with Crippen molar-refractivity contribution in [3.63, 3.8) is 0 Å². The molecule has 1 aliphatic rings. The summed E-state index contributed by atoms with van der Waals surface area (Å²) in [4.78, 5) is 0. The number of hydrogen-bond acceptors (Lipinski definition) is 5. The molecule has 1 rings (SSSR count). The molecular weight excluding hydrogens is 276 g/mol. The summed E-state index contributed by atoms with van der Waals surface area (Å²) in [7, 11) is -6.63. The maximum atomic E-state index is 11.8. The zero-order valence-corrected chi connectivity index (χ0v) is 12.1. The van der Waals surface area contributed by atoms with E-state index in [0.29, 0.717) is 13.1 Å². The lowest BCUT2D eigenvalue weighted by Crippen LogP contribution is -2.35. The summed E-state index contributed by atoms with van der Waals surface area (Å²) in [6, 6.07) is 0. The van der Waals surface area contributed by atoms with Gasteiger partial charge >= 0.3 is 0 Å². The Hall–Kier alpha value is -0.180. The molecule has 108 valence electrons. The minimum atomic E-state index is -3.48. The highest BCUT2D eigenvalue weighted by atomic mass is 32.2. The molecule has 1 atom stereocenters. The zero-order chi connectivity index (χ0) is 13.6. The minimum absolute atomic E-state index is 0.0188. The molecule has 0 aromatic heterocycles. The van der Waals surface area contributed by atoms with E-state index >= 15 is 0 Å². The van der Waals surface area contributed by atoms with Crippen LogP contribution in [0.5, 0.6) is 0 Å². The summed E-state index contributed by atoms with van der Waals surface area (Å²) >= 11 is 0. The molecule has 0 bridgehead atoms. The molecule has 8 heteroatoms. The number of rotatable bonds is 8. The highest BCUT2D eigenvalue weighted by Crippen LogP contribution is 2.18. The Morgan fingerprint density at radius 1 is 1.17 bits per heavy atom. The van der Waals surface area contributed by atoms with E-state index in [9.17, 15) is 16.8 Å². The van der Waals surface area contributed by atoms with Crippen molar-refractivity contribution in [2.45, 2.75) is 37.4 Å². The first-order valence-electron chi connectivity index (χ1n) is 6.26. The van der Waals surface area contributed by atoms with Gasteiger partial charge in [0.05, 0.1) is 16.8 Å². The summed E-state index contributed by atoms with van der Waals surface area (Å²) in [6.45, 7) is 1.04. The SMILES string of the molecule is NCCCCCCNS(=O)(=O)[C@H]1CCS(=O)(=O)C1. The van der Waals surface area contributed by atoms with Gasteiger partial charge in [-0.3, -0.25) is 0 Å². The van der Waals surface area contributed by atoms with Gasteiger partial charge in [0.15, 0.2) is 9.84 Å². The second-order valence-electron chi connectivity index (χ2n) is 4.67. The van der Waals surface area contributed by atoms with Crippen LogP contribution in [0.2, 0.25) is 0 Å². The molecule has 0 amide bonds. The summed E-state index contributed by atoms with van der Waals surface area (Å²) in [5.74, 6) is -0.259. The summed E-state index contributed by atoms with van der Waals surface area (Å²) in [5.41, 5.74) is 5.35. The van der Waals surface area contributed by atoms with Gasteiger partial charge in [-0.05, 0) is 25.8 Å². The molecule has 18 heavy (non-hydrogen) atoms. The van der Waals surface area contributed by atoms with E-state index in [-0.39, 0.29) is 17.9 Å². The number of nitrogens with two attached hydrogens (primary N) is 1. The van der Waals surface area contributed by atoms with Crippen LogP contribution in [0.25, 0.3) is 0 Å². The van der Waals surface area contributed by atoms with Crippen LogP contribution in [0.3, 0.4) is 0 Å². The van der Waals surface area contributed by atoms with Crippen LogP contribution >= 0.6 is 0 Å². The molecule has 0 saturated carbocycles. The molecule has 1 fully saturated rings. The van der Waals surface area contributed by atoms with Gasteiger partial charge in [-0.25, -0.2) is 21.6 Å². The molecule has 0 radical (unpaired) electrons. The standard InChI is InChI=1S/C10H22N2O4S2/c11-6-3-1-2-4-7-12-18(15,16)10-5-8-17(13,14)9-10/h10,12H,1-9,11H2/t10-/m0/s1. The van der Waals surface area contributed by atoms with Crippen LogP contribution in [-0.2, 0) is 19.9 Å². The highest BCUT2D eigenvalue weighted by Gasteiger charge is 2.36. The average Bonchev–Trinajstić information content (AvgIpc) is 2.65. The second-order valence-corrected chi connectivity index (χ2v) is 8.94. The van der Waals surface area contributed by atoms with E-state index in [1.54, 1.807) is 0 Å². The molecule has 1 saturated heterocycles. The predicted octanol–water partition coefficient (Wildman–Crippen LogP) is -0.388. The lowest BCUT2D eigenvalue weighted by Gasteiger charge is -2.11. The first-order valence-corrected chi connectivity index (χ1v) is 9.63. The van der Waals surface area contributed by atoms with Crippen molar-refractivity contribution in [1.82, 2.24) is 4.72 Å². The van der Waals surface area contributed by atoms with Crippen molar-refractivity contribution in [3.8, 4) is 0 Å². The van der Waals surface area contributed by atoms with Crippen molar-refractivity contribution < 1.29 is 16.8 Å². The lowest BCUT2D eigenvalue weighted by molar-refractivity contribution is 0.560. The van der Waals surface area contributed by atoms with Gasteiger partial charge in [-0.1, -0.05) is 12.8 Å². The van der Waals surface area contributed by atoms with E-state index in [2.05, 4.69) is 4.72 Å². The average molecular weight is 298 g/mol. The summed E-state index contributed by atoms with van der Waals surface area (Å²) < 4.78 is 48.6. The Morgan fingerprint density at radius 3 is 2.39 bits per heavy atom. The predicted molar refractivity (Wildman–Crippen MR) is 71.5 cm³/mol. The third kappa shape index (κ3) is 5.21. The van der Waals surface area contributed by atoms with Gasteiger partial charge in [0.1, 0.15) is 0 Å². The van der Waals surface area contributed by atoms with Crippen molar-refractivity contribution >= 4 is 19.9 Å². The maximum absolute atomic E-state index is 11.8. The van der Waals surface area contributed by atoms with Crippen LogP contribution in [-0.4, -0.2) is 46.7 Å². The molecule has 1 heterocycles. The molecule has 0 aromatic rings. The first kappa shape index (κ1) is 15.9. The van der Waals surface area contributed by atoms with Gasteiger partial charge in [0.2, 0.25) is 10.0 Å². The second kappa shape index (κ2) is 6.83. The van der Waals surface area contributed by atoms with E-state index < -0.39 is 25.1 Å². The van der Waals surface area contributed by atoms with Crippen LogP contribution in [0, 0.1) is 0 Å². The summed E-state index contributed by atoms with van der Waals surface area (Å²) in [5, 5.41) is -0.772. The fourth-order valence-electron chi connectivity index (χ4n) is 1.96. The lowest BCUT2D eigenvalue weighted by atomic mass is 10.2. The Balaban J connectivity index is 2.28. The van der Waals surface area contributed by atoms with Crippen molar-refractivity contribution in [2.24, 2.45) is 5.73 Å². The van der Waals surface area contributed by atoms with Crippen molar-refractivity contribution in [2.75, 3.05) is 24.6 Å². The third-order valence-corrected chi connectivity index (χ3v) is 6.93. The van der Waals surface area contributed by atoms with Crippen molar-refractivity contribution in [3.05, 3.63) is 0 Å². The zero-order valence-electron chi connectivity index (χ0n) is 10.5. The summed E-state index contributed by atoms with van der Waals surface area (Å²) in [6.07, 6.45) is 3.86. The number of nitrogens with one attached hydrogen (secondary N) is 1. The Labute approximate surface area is 109 Å². The fraction of sp³-hybridized carbons (Fsp3) is 1.00. The first-order chi connectivity index (χ1) is 8.37. The van der Waals surface area contributed by atoms with Crippen LogP contribution in [0.15, 0.2) is 0 Å². The van der Waals surface area contributed by atoms with Gasteiger partial charge in [0.25, 0.3) is 0 Å². The molecular formula is C10H22N2O4S2. The topological polar surface area (TPSA) is 106 Å². The fourth-order valence-corrected chi connectivity index (χ4v) is 6.08. The molecule has 6 nitrogen and oxygen atoms in total. The molecule has 0 aliphatic carbocycles. The third-order valence-electron chi connectivity index (χ3n) is 3.06. The quantitative estimate of drug-likeness (QED) is 0.594. The Morgan fingerprint density at radius 2 is 1.83 bits per heavy atom. The van der Waals surface area contributed by atoms with Crippen LogP contribution in [0.1, 0.15) is 32.1 Å². The van der Waals surface area contributed by atoms with Gasteiger partial charge in [-0.15, -0.1) is 0 Å². The molecule has 0 spiro atoms. The number of unbranched alkanes of at least 4 members (excludes halogenated alkanes) is 3. The monoisotopic (exact) mass is 298 g/mol. The van der Waals surface area contributed by atoms with E-state index in [0.717, 1.165) is 25.7 Å². The molecule has 0 unspecified atom stereocenters. The largest absolute Gasteiger partial charge is 0.330 e. The Bertz CT molecular complexity index is 444. The van der Waals surface area contributed by atoms with E-state index in [1.807, 2.05) is 0 Å². The van der Waals surface area contributed by atoms with Crippen LogP contribution < -0.4 is 10.5 Å².